The molecule has 0 aliphatic carbocycles. The van der Waals surface area contributed by atoms with Gasteiger partial charge in [-0.1, -0.05) is 18.2 Å². The fourth-order valence-electron chi connectivity index (χ4n) is 4.59. The minimum atomic E-state index is -0.910. The number of carbonyl (C=O) groups is 2. The smallest absolute Gasteiger partial charge is 0.257 e. The molecule has 3 aromatic rings. The maximum absolute atomic E-state index is 13.8. The predicted octanol–water partition coefficient (Wildman–Crippen LogP) is 3.33. The normalized spacial score (nSPS) is 17.5. The van der Waals surface area contributed by atoms with Gasteiger partial charge in [0.25, 0.3) is 5.91 Å². The second kappa shape index (κ2) is 10.5. The molecular formula is C27H30N4O4. The third-order valence-corrected chi connectivity index (χ3v) is 6.27. The van der Waals surface area contributed by atoms with Crippen LogP contribution in [0.25, 0.3) is 0 Å². The number of pyridine rings is 2. The lowest BCUT2D eigenvalue weighted by Gasteiger charge is -2.42. The average Bonchev–Trinajstić information content (AvgIpc) is 2.91. The number of likely N-dealkylation sites (tertiary alicyclic amines) is 1. The van der Waals surface area contributed by atoms with E-state index in [1.54, 1.807) is 61.6 Å². The van der Waals surface area contributed by atoms with Gasteiger partial charge in [-0.15, -0.1) is 0 Å². The lowest BCUT2D eigenvalue weighted by Crippen LogP contribution is -2.56. The standard InChI is InChI=1S/C27H30N4O4/c1-30(2)26(33)27(23-13-5-7-16-29-23)14-9-17-31(19-27)25(32)21-11-8-12-22(34-3)24(21)35-18-20-10-4-6-15-28-20/h4-8,10-13,15-16H,9,14,17-19H2,1-3H3. The highest BCUT2D eigenvalue weighted by atomic mass is 16.5. The van der Waals surface area contributed by atoms with Gasteiger partial charge in [0.05, 0.1) is 24.1 Å². The van der Waals surface area contributed by atoms with E-state index in [-0.39, 0.29) is 25.0 Å². The van der Waals surface area contributed by atoms with E-state index in [2.05, 4.69) is 9.97 Å². The zero-order valence-electron chi connectivity index (χ0n) is 20.3. The molecule has 1 unspecified atom stereocenters. The van der Waals surface area contributed by atoms with Crippen molar-refractivity contribution < 1.29 is 19.1 Å². The number of para-hydroxylation sites is 1. The Labute approximate surface area is 205 Å². The van der Waals surface area contributed by atoms with Crippen LogP contribution in [0.1, 0.15) is 34.6 Å². The molecule has 0 radical (unpaired) electrons. The van der Waals surface area contributed by atoms with Crippen LogP contribution in [0, 0.1) is 0 Å². The zero-order valence-corrected chi connectivity index (χ0v) is 20.3. The van der Waals surface area contributed by atoms with Crippen LogP contribution in [0.15, 0.2) is 67.0 Å². The van der Waals surface area contributed by atoms with Crippen LogP contribution in [0.5, 0.6) is 11.5 Å². The molecule has 0 bridgehead atoms. The molecular weight excluding hydrogens is 444 g/mol. The Bertz CT molecular complexity index is 1170. The Morgan fingerprint density at radius 3 is 2.46 bits per heavy atom. The molecule has 1 aliphatic heterocycles. The van der Waals surface area contributed by atoms with Crippen molar-refractivity contribution >= 4 is 11.8 Å². The molecule has 35 heavy (non-hydrogen) atoms. The van der Waals surface area contributed by atoms with Gasteiger partial charge in [-0.2, -0.15) is 0 Å². The van der Waals surface area contributed by atoms with Crippen LogP contribution in [-0.2, 0) is 16.8 Å². The maximum atomic E-state index is 13.8. The number of methoxy groups -OCH3 is 1. The van der Waals surface area contributed by atoms with Gasteiger partial charge >= 0.3 is 0 Å². The Kier molecular flexibility index (Phi) is 7.29. The summed E-state index contributed by atoms with van der Waals surface area (Å²) in [6, 6.07) is 16.4. The van der Waals surface area contributed by atoms with E-state index in [9.17, 15) is 9.59 Å². The van der Waals surface area contributed by atoms with Crippen LogP contribution in [0.3, 0.4) is 0 Å². The number of benzene rings is 1. The summed E-state index contributed by atoms with van der Waals surface area (Å²) >= 11 is 0. The summed E-state index contributed by atoms with van der Waals surface area (Å²) in [5.74, 6) is 0.542. The Morgan fingerprint density at radius 2 is 1.80 bits per heavy atom. The van der Waals surface area contributed by atoms with Gasteiger partial charge in [-0.05, 0) is 49.2 Å². The Hall–Kier alpha value is -3.94. The highest BCUT2D eigenvalue weighted by molar-refractivity contribution is 5.99. The number of carbonyl (C=O) groups excluding carboxylic acids is 2. The van der Waals surface area contributed by atoms with E-state index < -0.39 is 5.41 Å². The van der Waals surface area contributed by atoms with E-state index >= 15 is 0 Å². The van der Waals surface area contributed by atoms with Gasteiger partial charge in [0, 0.05) is 39.6 Å². The van der Waals surface area contributed by atoms with Gasteiger partial charge in [-0.3, -0.25) is 19.6 Å². The van der Waals surface area contributed by atoms with E-state index in [1.165, 1.54) is 0 Å². The van der Waals surface area contributed by atoms with E-state index in [4.69, 9.17) is 9.47 Å². The first kappa shape index (κ1) is 24.2. The first-order valence-corrected chi connectivity index (χ1v) is 11.6. The molecule has 0 spiro atoms. The third-order valence-electron chi connectivity index (χ3n) is 6.27. The highest BCUT2D eigenvalue weighted by Crippen LogP contribution is 2.37. The molecule has 0 N–H and O–H groups in total. The van der Waals surface area contributed by atoms with Gasteiger partial charge in [0.15, 0.2) is 11.5 Å². The second-order valence-electron chi connectivity index (χ2n) is 8.77. The lowest BCUT2D eigenvalue weighted by molar-refractivity contribution is -0.136. The molecule has 1 atom stereocenters. The number of ether oxygens (including phenoxy) is 2. The summed E-state index contributed by atoms with van der Waals surface area (Å²) in [6.07, 6.45) is 4.67. The minimum absolute atomic E-state index is 0.0639. The Morgan fingerprint density at radius 1 is 1.03 bits per heavy atom. The van der Waals surface area contributed by atoms with Crippen molar-refractivity contribution in [2.75, 3.05) is 34.3 Å². The fourth-order valence-corrected chi connectivity index (χ4v) is 4.59. The lowest BCUT2D eigenvalue weighted by atomic mass is 9.75. The largest absolute Gasteiger partial charge is 0.493 e. The first-order chi connectivity index (χ1) is 17.0. The number of piperidine rings is 1. The topological polar surface area (TPSA) is 84.9 Å². The van der Waals surface area contributed by atoms with Crippen molar-refractivity contribution in [3.05, 3.63) is 83.9 Å². The molecule has 182 valence electrons. The van der Waals surface area contributed by atoms with Crippen LogP contribution in [-0.4, -0.2) is 65.9 Å². The van der Waals surface area contributed by atoms with E-state index in [0.717, 1.165) is 5.69 Å². The van der Waals surface area contributed by atoms with E-state index in [0.29, 0.717) is 42.1 Å². The number of rotatable bonds is 7. The average molecular weight is 475 g/mol. The van der Waals surface area contributed by atoms with Gasteiger partial charge in [-0.25, -0.2) is 0 Å². The summed E-state index contributed by atoms with van der Waals surface area (Å²) in [6.45, 7) is 0.959. The summed E-state index contributed by atoms with van der Waals surface area (Å²) < 4.78 is 11.6. The minimum Gasteiger partial charge on any atom is -0.493 e. The first-order valence-electron chi connectivity index (χ1n) is 11.6. The molecule has 3 heterocycles. The van der Waals surface area contributed by atoms with Crippen molar-refractivity contribution in [1.82, 2.24) is 19.8 Å². The molecule has 1 aromatic carbocycles. The predicted molar refractivity (Wildman–Crippen MR) is 131 cm³/mol. The molecule has 2 amide bonds. The number of amides is 2. The fraction of sp³-hybridized carbons (Fsp3) is 0.333. The van der Waals surface area contributed by atoms with Gasteiger partial charge in [0.1, 0.15) is 12.0 Å². The zero-order chi connectivity index (χ0) is 24.8. The SMILES string of the molecule is COc1cccc(C(=O)N2CCCC(C(=O)N(C)C)(c3ccccn3)C2)c1OCc1ccccn1. The molecule has 2 aromatic heterocycles. The second-order valence-corrected chi connectivity index (χ2v) is 8.77. The van der Waals surface area contributed by atoms with Gasteiger partial charge in [0.2, 0.25) is 5.91 Å². The van der Waals surface area contributed by atoms with Crippen molar-refractivity contribution in [3.63, 3.8) is 0 Å². The maximum Gasteiger partial charge on any atom is 0.257 e. The Balaban J connectivity index is 1.66. The van der Waals surface area contributed by atoms with Crippen LogP contribution < -0.4 is 9.47 Å². The molecule has 8 heteroatoms. The molecule has 1 fully saturated rings. The number of likely N-dealkylation sites (N-methyl/N-ethyl adjacent to an activating group) is 1. The number of nitrogens with zero attached hydrogens (tertiary/aromatic N) is 4. The van der Waals surface area contributed by atoms with Crippen molar-refractivity contribution in [2.45, 2.75) is 24.9 Å². The number of aromatic nitrogens is 2. The number of hydrogen-bond donors (Lipinski definition) is 0. The molecule has 1 saturated heterocycles. The van der Waals surface area contributed by atoms with Crippen LogP contribution >= 0.6 is 0 Å². The van der Waals surface area contributed by atoms with Gasteiger partial charge < -0.3 is 19.3 Å². The molecule has 4 rings (SSSR count). The summed E-state index contributed by atoms with van der Waals surface area (Å²) in [5, 5.41) is 0. The van der Waals surface area contributed by atoms with Crippen molar-refractivity contribution in [2.24, 2.45) is 0 Å². The van der Waals surface area contributed by atoms with E-state index in [1.807, 2.05) is 36.4 Å². The monoisotopic (exact) mass is 474 g/mol. The molecule has 8 nitrogen and oxygen atoms in total. The van der Waals surface area contributed by atoms with Crippen molar-refractivity contribution in [3.8, 4) is 11.5 Å². The number of hydrogen-bond acceptors (Lipinski definition) is 6. The third kappa shape index (κ3) is 4.96. The summed E-state index contributed by atoms with van der Waals surface area (Å²) in [4.78, 5) is 39.4. The van der Waals surface area contributed by atoms with Crippen molar-refractivity contribution in [1.29, 1.82) is 0 Å². The van der Waals surface area contributed by atoms with Crippen LogP contribution in [0.2, 0.25) is 0 Å². The summed E-state index contributed by atoms with van der Waals surface area (Å²) in [5.41, 5.74) is 0.885. The quantitative estimate of drug-likeness (QED) is 0.522. The highest BCUT2D eigenvalue weighted by Gasteiger charge is 2.47. The summed E-state index contributed by atoms with van der Waals surface area (Å²) in [7, 11) is 5.01. The molecule has 1 aliphatic rings. The molecule has 0 saturated carbocycles. The van der Waals surface area contributed by atoms with Crippen LogP contribution in [0.4, 0.5) is 0 Å².